The van der Waals surface area contributed by atoms with Gasteiger partial charge in [-0.25, -0.2) is 15.0 Å². The minimum absolute atomic E-state index is 0.0273. The highest BCUT2D eigenvalue weighted by atomic mass is 16.1. The van der Waals surface area contributed by atoms with Crippen molar-refractivity contribution in [3.8, 4) is 11.4 Å². The molecule has 0 radical (unpaired) electrons. The molecule has 0 spiro atoms. The minimum atomic E-state index is -0.0774. The van der Waals surface area contributed by atoms with E-state index in [0.717, 1.165) is 31.8 Å². The molecule has 0 aromatic carbocycles. The maximum Gasteiger partial charge on any atom is 0.255 e. The lowest BCUT2D eigenvalue weighted by Crippen LogP contribution is -2.53. The van der Waals surface area contributed by atoms with Crippen LogP contribution in [-0.4, -0.2) is 36.6 Å². The lowest BCUT2D eigenvalue weighted by molar-refractivity contribution is 0.327. The molecule has 1 aliphatic heterocycles. The molecular formula is C22H24N6O. The van der Waals surface area contributed by atoms with Gasteiger partial charge in [0.1, 0.15) is 6.33 Å². The Hall–Kier alpha value is -3.09. The van der Waals surface area contributed by atoms with Gasteiger partial charge in [0.15, 0.2) is 0 Å². The third-order valence-electron chi connectivity index (χ3n) is 6.17. The molecule has 7 nitrogen and oxygen atoms in total. The van der Waals surface area contributed by atoms with Gasteiger partial charge in [-0.15, -0.1) is 0 Å². The van der Waals surface area contributed by atoms with E-state index in [9.17, 15) is 4.79 Å². The molecule has 0 unspecified atom stereocenters. The van der Waals surface area contributed by atoms with Crippen molar-refractivity contribution in [3.05, 3.63) is 64.6 Å². The number of hydrogen-bond acceptors (Lipinski definition) is 6. The summed E-state index contributed by atoms with van der Waals surface area (Å²) in [5.74, 6) is 1.21. The Morgan fingerprint density at radius 1 is 1.14 bits per heavy atom. The van der Waals surface area contributed by atoms with E-state index in [1.165, 1.54) is 17.6 Å². The summed E-state index contributed by atoms with van der Waals surface area (Å²) in [7, 11) is 0. The molecule has 3 aromatic heterocycles. The fraction of sp³-hybridized carbons (Fsp3) is 0.409. The Morgan fingerprint density at radius 2 is 2.03 bits per heavy atom. The van der Waals surface area contributed by atoms with E-state index in [2.05, 4.69) is 39.8 Å². The van der Waals surface area contributed by atoms with E-state index in [1.807, 2.05) is 12.3 Å². The van der Waals surface area contributed by atoms with E-state index in [-0.39, 0.29) is 11.1 Å². The number of hydrogen-bond donors (Lipinski definition) is 0. The van der Waals surface area contributed by atoms with Crippen molar-refractivity contribution in [2.45, 2.75) is 45.2 Å². The molecule has 3 aromatic rings. The fourth-order valence-corrected chi connectivity index (χ4v) is 4.49. The summed E-state index contributed by atoms with van der Waals surface area (Å²) in [4.78, 5) is 32.9. The van der Waals surface area contributed by atoms with Gasteiger partial charge in [-0.2, -0.15) is 0 Å². The van der Waals surface area contributed by atoms with E-state index >= 15 is 0 Å². The van der Waals surface area contributed by atoms with Crippen molar-refractivity contribution in [2.24, 2.45) is 5.92 Å². The van der Waals surface area contributed by atoms with Crippen LogP contribution in [0.1, 0.15) is 31.5 Å². The SMILES string of the molecule is CC1(C)CCn2c(nc(-c3ccncn3)cc2=O)N1C[C@H]1Cc2cccnc2C1. The maximum atomic E-state index is 12.9. The van der Waals surface area contributed by atoms with Crippen molar-refractivity contribution in [1.82, 2.24) is 24.5 Å². The highest BCUT2D eigenvalue weighted by Crippen LogP contribution is 2.34. The molecule has 7 heteroatoms. The second-order valence-electron chi connectivity index (χ2n) is 8.58. The molecular weight excluding hydrogens is 364 g/mol. The molecule has 148 valence electrons. The van der Waals surface area contributed by atoms with Gasteiger partial charge in [0.2, 0.25) is 5.95 Å². The van der Waals surface area contributed by atoms with Gasteiger partial charge in [-0.05, 0) is 56.7 Å². The Morgan fingerprint density at radius 3 is 2.83 bits per heavy atom. The largest absolute Gasteiger partial charge is 0.337 e. The monoisotopic (exact) mass is 388 g/mol. The topological polar surface area (TPSA) is 76.8 Å². The third-order valence-corrected chi connectivity index (χ3v) is 6.17. The van der Waals surface area contributed by atoms with E-state index in [4.69, 9.17) is 4.98 Å². The second kappa shape index (κ2) is 6.76. The highest BCUT2D eigenvalue weighted by Gasteiger charge is 2.37. The average Bonchev–Trinajstić information content (AvgIpc) is 3.13. The van der Waals surface area contributed by atoms with E-state index < -0.39 is 0 Å². The summed E-state index contributed by atoms with van der Waals surface area (Å²) in [5.41, 5.74) is 3.70. The number of nitrogens with zero attached hydrogens (tertiary/aromatic N) is 6. The molecule has 0 saturated heterocycles. The van der Waals surface area contributed by atoms with Crippen molar-refractivity contribution >= 4 is 5.95 Å². The van der Waals surface area contributed by atoms with Crippen molar-refractivity contribution in [2.75, 3.05) is 11.4 Å². The standard InChI is InChI=1S/C22H24N6O/c1-22(2)6-9-27-20(29)12-19(17-5-8-23-14-25-17)26-21(27)28(22)13-15-10-16-4-3-7-24-18(16)11-15/h3-5,7-8,12,14-15H,6,9-11,13H2,1-2H3/t15-/m0/s1. The molecule has 4 heterocycles. The van der Waals surface area contributed by atoms with Gasteiger partial charge in [0, 0.05) is 42.8 Å². The predicted octanol–water partition coefficient (Wildman–Crippen LogP) is 2.50. The molecule has 0 fully saturated rings. The Labute approximate surface area is 169 Å². The molecule has 2 aliphatic rings. The summed E-state index contributed by atoms with van der Waals surface area (Å²) in [6.07, 6.45) is 7.93. The third kappa shape index (κ3) is 3.20. The summed E-state index contributed by atoms with van der Waals surface area (Å²) < 4.78 is 1.80. The molecule has 0 N–H and O–H groups in total. The first kappa shape index (κ1) is 18.0. The first-order valence-corrected chi connectivity index (χ1v) is 10.1. The molecule has 5 rings (SSSR count). The second-order valence-corrected chi connectivity index (χ2v) is 8.58. The summed E-state index contributed by atoms with van der Waals surface area (Å²) in [5, 5.41) is 0. The van der Waals surface area contributed by atoms with Crippen LogP contribution in [0.5, 0.6) is 0 Å². The molecule has 0 amide bonds. The molecule has 0 bridgehead atoms. The average molecular weight is 388 g/mol. The first-order valence-electron chi connectivity index (χ1n) is 10.1. The van der Waals surface area contributed by atoms with Gasteiger partial charge < -0.3 is 4.90 Å². The number of anilines is 1. The van der Waals surface area contributed by atoms with Gasteiger partial charge >= 0.3 is 0 Å². The maximum absolute atomic E-state index is 12.9. The van der Waals surface area contributed by atoms with Crippen LogP contribution in [0.15, 0.2) is 47.8 Å². The smallest absolute Gasteiger partial charge is 0.255 e. The number of aromatic nitrogens is 5. The molecule has 1 atom stereocenters. The van der Waals surface area contributed by atoms with E-state index in [1.54, 1.807) is 22.9 Å². The zero-order valence-electron chi connectivity index (χ0n) is 16.7. The summed E-state index contributed by atoms with van der Waals surface area (Å²) in [6, 6.07) is 7.55. The number of rotatable bonds is 3. The molecule has 0 saturated carbocycles. The normalized spacial score (nSPS) is 19.7. The van der Waals surface area contributed by atoms with Crippen LogP contribution < -0.4 is 10.5 Å². The van der Waals surface area contributed by atoms with Crippen LogP contribution in [0.25, 0.3) is 11.4 Å². The molecule has 1 aliphatic carbocycles. The van der Waals surface area contributed by atoms with Gasteiger partial charge in [0.25, 0.3) is 5.56 Å². The van der Waals surface area contributed by atoms with Crippen LogP contribution in [-0.2, 0) is 19.4 Å². The minimum Gasteiger partial charge on any atom is -0.337 e. The zero-order chi connectivity index (χ0) is 20.0. The lowest BCUT2D eigenvalue weighted by Gasteiger charge is -2.45. The van der Waals surface area contributed by atoms with Gasteiger partial charge in [0.05, 0.1) is 11.4 Å². The Balaban J connectivity index is 1.53. The van der Waals surface area contributed by atoms with Crippen molar-refractivity contribution in [3.63, 3.8) is 0 Å². The quantitative estimate of drug-likeness (QED) is 0.686. The van der Waals surface area contributed by atoms with Crippen LogP contribution in [0.3, 0.4) is 0 Å². The number of pyridine rings is 1. The summed E-state index contributed by atoms with van der Waals surface area (Å²) >= 11 is 0. The fourth-order valence-electron chi connectivity index (χ4n) is 4.49. The van der Waals surface area contributed by atoms with Crippen molar-refractivity contribution < 1.29 is 0 Å². The van der Waals surface area contributed by atoms with Crippen LogP contribution in [0.2, 0.25) is 0 Å². The zero-order valence-corrected chi connectivity index (χ0v) is 16.7. The first-order chi connectivity index (χ1) is 14.0. The Kier molecular flexibility index (Phi) is 4.19. The molecule has 29 heavy (non-hydrogen) atoms. The summed E-state index contributed by atoms with van der Waals surface area (Å²) in [6.45, 7) is 6.00. The van der Waals surface area contributed by atoms with Crippen LogP contribution >= 0.6 is 0 Å². The number of fused-ring (bicyclic) bond motifs is 2. The predicted molar refractivity (Wildman–Crippen MR) is 111 cm³/mol. The van der Waals surface area contributed by atoms with Crippen LogP contribution in [0.4, 0.5) is 5.95 Å². The highest BCUT2D eigenvalue weighted by molar-refractivity contribution is 5.56. The van der Waals surface area contributed by atoms with Gasteiger partial charge in [-0.1, -0.05) is 6.07 Å². The Bertz CT molecular complexity index is 1080. The van der Waals surface area contributed by atoms with E-state index in [0.29, 0.717) is 23.9 Å². The van der Waals surface area contributed by atoms with Gasteiger partial charge in [-0.3, -0.25) is 14.3 Å². The lowest BCUT2D eigenvalue weighted by atomic mass is 9.93. The van der Waals surface area contributed by atoms with Crippen molar-refractivity contribution in [1.29, 1.82) is 0 Å². The van der Waals surface area contributed by atoms with Crippen LogP contribution in [0, 0.1) is 5.92 Å².